The maximum absolute atomic E-state index is 0. The van der Waals surface area contributed by atoms with E-state index in [1.807, 2.05) is 0 Å². The third-order valence-corrected chi connectivity index (χ3v) is 0. The zero-order valence-corrected chi connectivity index (χ0v) is 3.81. The lowest BCUT2D eigenvalue weighted by molar-refractivity contribution is 5.75. The summed E-state index contributed by atoms with van der Waals surface area (Å²) in [4.78, 5) is 0. The minimum absolute atomic E-state index is 0. The second kappa shape index (κ2) is 34.8. The van der Waals surface area contributed by atoms with Crippen molar-refractivity contribution in [2.75, 3.05) is 0 Å². The van der Waals surface area contributed by atoms with Gasteiger partial charge in [0, 0.05) is 36.7 Å². The van der Waals surface area contributed by atoms with Gasteiger partial charge < -0.3 is 0 Å². The Bertz CT molecular complexity index is 6.00. The molecule has 0 saturated heterocycles. The lowest BCUT2D eigenvalue weighted by Crippen LogP contribution is -0.382. The van der Waals surface area contributed by atoms with Crippen molar-refractivity contribution in [2.45, 2.75) is 0 Å². The number of hydrogen-bond donors (Lipinski definition) is 0. The molecule has 0 amide bonds. The Labute approximate surface area is 48.1 Å². The van der Waals surface area contributed by atoms with Crippen molar-refractivity contribution in [2.24, 2.45) is 0 Å². The maximum atomic E-state index is 0. The van der Waals surface area contributed by atoms with Crippen molar-refractivity contribution in [1.82, 2.24) is 0 Å². The summed E-state index contributed by atoms with van der Waals surface area (Å²) in [6, 6.07) is 0. The Morgan fingerprint density at radius 1 is 1.00 bits per heavy atom. The number of hydrogen-bond acceptors (Lipinski definition) is 0. The molecule has 4 heteroatoms. The van der Waals surface area contributed by atoms with E-state index in [4.69, 9.17) is 0 Å². The van der Waals surface area contributed by atoms with Crippen LogP contribution < -0.4 is 0 Å². The molecule has 0 spiro atoms. The van der Waals surface area contributed by atoms with E-state index < -0.39 is 0 Å². The SMILES string of the molecule is [Al].[B].[SiH4].[Si]. The Morgan fingerprint density at radius 2 is 1.00 bits per heavy atom. The Morgan fingerprint density at radius 3 is 1.00 bits per heavy atom. The quantitative estimate of drug-likeness (QED) is 0.291. The molecule has 0 nitrogen and oxygen atoms in total. The minimum Gasteiger partial charge on any atom is -0.0149 e. The zero-order chi connectivity index (χ0) is 0. The summed E-state index contributed by atoms with van der Waals surface area (Å²) in [5.41, 5.74) is 0. The van der Waals surface area contributed by atoms with Crippen LogP contribution in [0.4, 0.5) is 0 Å². The molecular weight excluding hydrogens is 94.0 g/mol. The topological polar surface area (TPSA) is 0 Å². The highest BCUT2D eigenvalue weighted by molar-refractivity contribution is 5.76. The first-order valence-corrected chi connectivity index (χ1v) is 0. The summed E-state index contributed by atoms with van der Waals surface area (Å²) in [6.07, 6.45) is 0. The first-order chi connectivity index (χ1) is 0. The highest BCUT2D eigenvalue weighted by atomic mass is 28.1. The highest BCUT2D eigenvalue weighted by Gasteiger charge is 0.00218. The van der Waals surface area contributed by atoms with Crippen LogP contribution in [0.25, 0.3) is 0 Å². The van der Waals surface area contributed by atoms with Crippen LogP contribution in [-0.2, 0) is 0 Å². The second-order valence-electron chi connectivity index (χ2n) is 0. The van der Waals surface area contributed by atoms with Gasteiger partial charge >= 0.3 is 0 Å². The van der Waals surface area contributed by atoms with Crippen LogP contribution in [0.2, 0.25) is 0 Å². The maximum Gasteiger partial charge on any atom is 0 e. The van der Waals surface area contributed by atoms with E-state index >= 15 is 0 Å². The van der Waals surface area contributed by atoms with E-state index in [1.165, 1.54) is 0 Å². The largest absolute Gasteiger partial charge is 0.0149 e. The van der Waals surface area contributed by atoms with Gasteiger partial charge in [0.15, 0.2) is 0 Å². The molecule has 0 unspecified atom stereocenters. The monoisotopic (exact) mass is 98.0 g/mol. The molecular formula is H4AlBSi2. The highest BCUT2D eigenvalue weighted by Crippen LogP contribution is -0.378. The predicted octanol–water partition coefficient (Wildman–Crippen LogP) is -2.59. The summed E-state index contributed by atoms with van der Waals surface area (Å²) in [7, 11) is 0. The smallest absolute Gasteiger partial charge is 0 e. The summed E-state index contributed by atoms with van der Waals surface area (Å²) >= 11 is 0. The molecule has 0 N–H and O–H groups in total. The molecule has 0 heterocycles. The molecule has 0 aliphatic rings. The lowest BCUT2D eigenvalue weighted by Gasteiger charge is -0.0150. The number of rotatable bonds is 0. The van der Waals surface area contributed by atoms with Crippen LogP contribution in [0.15, 0.2) is 0 Å². The molecule has 0 bridgehead atoms. The Hall–Kier alpha value is 1.03. The molecule has 0 atom stereocenters. The van der Waals surface area contributed by atoms with Crippen LogP contribution in [0.1, 0.15) is 0 Å². The van der Waals surface area contributed by atoms with Crippen molar-refractivity contribution in [1.29, 1.82) is 0 Å². The van der Waals surface area contributed by atoms with Crippen molar-refractivity contribution >= 4 is 47.7 Å². The van der Waals surface area contributed by atoms with Gasteiger partial charge in [0.25, 0.3) is 0 Å². The molecule has 0 aliphatic heterocycles. The van der Waals surface area contributed by atoms with Gasteiger partial charge in [-0.1, -0.05) is 0 Å². The van der Waals surface area contributed by atoms with E-state index in [9.17, 15) is 0 Å². The zero-order valence-electron chi connectivity index (χ0n) is 1.65. The lowest BCUT2D eigenvalue weighted by atomic mass is 10.8. The predicted molar refractivity (Wildman–Crippen MR) is 28.6 cm³/mol. The van der Waals surface area contributed by atoms with E-state index in [0.717, 1.165) is 0 Å². The summed E-state index contributed by atoms with van der Waals surface area (Å²) < 4.78 is 0. The van der Waals surface area contributed by atoms with Gasteiger partial charge in [0.1, 0.15) is 0 Å². The van der Waals surface area contributed by atoms with Gasteiger partial charge in [-0.2, -0.15) is 0 Å². The molecule has 10 radical (unpaired) electrons. The van der Waals surface area contributed by atoms with Crippen LogP contribution in [0.5, 0.6) is 0 Å². The van der Waals surface area contributed by atoms with E-state index in [0.29, 0.717) is 0 Å². The van der Waals surface area contributed by atoms with Gasteiger partial charge in [-0.3, -0.25) is 0 Å². The van der Waals surface area contributed by atoms with Gasteiger partial charge in [-0.05, 0) is 11.0 Å². The fourth-order valence-electron chi connectivity index (χ4n) is 0. The Balaban J connectivity index is 0. The molecule has 0 aliphatic carbocycles. The van der Waals surface area contributed by atoms with E-state index in [1.54, 1.807) is 0 Å². The van der Waals surface area contributed by atoms with Gasteiger partial charge in [-0.25, -0.2) is 0 Å². The first kappa shape index (κ1) is 76.9. The summed E-state index contributed by atoms with van der Waals surface area (Å²) in [5, 5.41) is 0. The molecule has 4 heavy (non-hydrogen) atoms. The summed E-state index contributed by atoms with van der Waals surface area (Å²) in [6.45, 7) is 0. The van der Waals surface area contributed by atoms with Gasteiger partial charge in [0.2, 0.25) is 0 Å². The fraction of sp³-hybridized carbons (Fsp3) is 0. The molecule has 0 aromatic heterocycles. The van der Waals surface area contributed by atoms with E-state index in [2.05, 4.69) is 0 Å². The molecule has 0 aromatic carbocycles. The van der Waals surface area contributed by atoms with Gasteiger partial charge in [-0.15, -0.1) is 0 Å². The van der Waals surface area contributed by atoms with E-state index in [-0.39, 0.29) is 47.7 Å². The van der Waals surface area contributed by atoms with Crippen LogP contribution in [0.3, 0.4) is 0 Å². The fourth-order valence-corrected chi connectivity index (χ4v) is 0. The standard InChI is InChI=1S/Al.B.H4Si.Si/h;;1H4;. The van der Waals surface area contributed by atoms with Crippen molar-refractivity contribution < 1.29 is 0 Å². The molecule has 0 fully saturated rings. The normalized spacial score (nSPS) is 0. The molecule has 0 aromatic rings. The third kappa shape index (κ3) is 11.8. The van der Waals surface area contributed by atoms with Crippen LogP contribution >= 0.6 is 0 Å². The van der Waals surface area contributed by atoms with Crippen molar-refractivity contribution in [3.63, 3.8) is 0 Å². The van der Waals surface area contributed by atoms with Gasteiger partial charge in [0.05, 0.1) is 0 Å². The minimum atomic E-state index is 0. The molecule has 0 rings (SSSR count). The summed E-state index contributed by atoms with van der Waals surface area (Å²) in [5.74, 6) is 0. The second-order valence-corrected chi connectivity index (χ2v) is 0. The Kier molecular flexibility index (Phi) is 670. The average Bonchev–Trinajstić information content (AvgIpc) is 0. The van der Waals surface area contributed by atoms with Crippen molar-refractivity contribution in [3.8, 4) is 0 Å². The first-order valence-electron chi connectivity index (χ1n) is 0. The van der Waals surface area contributed by atoms with Crippen molar-refractivity contribution in [3.05, 3.63) is 0 Å². The van der Waals surface area contributed by atoms with Crippen LogP contribution in [-0.4, -0.2) is 47.7 Å². The third-order valence-electron chi connectivity index (χ3n) is 0. The molecule has 0 saturated carbocycles. The molecule has 18 valence electrons. The van der Waals surface area contributed by atoms with Crippen LogP contribution in [0, 0.1) is 0 Å². The average molecular weight is 98.0 g/mol.